The Morgan fingerprint density at radius 2 is 1.57 bits per heavy atom. The van der Waals surface area contributed by atoms with Crippen LogP contribution in [-0.4, -0.2) is 38.4 Å². The van der Waals surface area contributed by atoms with Crippen molar-refractivity contribution < 1.29 is 23.7 Å². The van der Waals surface area contributed by atoms with Crippen LogP contribution < -0.4 is 18.9 Å². The summed E-state index contributed by atoms with van der Waals surface area (Å²) in [5, 5.41) is 2.15. The Morgan fingerprint density at radius 3 is 2.40 bits per heavy atom. The average molecular weight is 470 g/mol. The van der Waals surface area contributed by atoms with Crippen LogP contribution in [0.1, 0.15) is 21.5 Å². The van der Waals surface area contributed by atoms with Gasteiger partial charge in [0.15, 0.2) is 23.0 Å². The molecule has 6 heteroatoms. The summed E-state index contributed by atoms with van der Waals surface area (Å²) in [7, 11) is 3.24. The minimum absolute atomic E-state index is 0.0195. The van der Waals surface area contributed by atoms with Crippen LogP contribution in [0.2, 0.25) is 0 Å². The maximum Gasteiger partial charge on any atom is 0.254 e. The van der Waals surface area contributed by atoms with Gasteiger partial charge >= 0.3 is 0 Å². The molecule has 0 fully saturated rings. The molecule has 0 saturated carbocycles. The number of amides is 1. The maximum absolute atomic E-state index is 13.7. The lowest BCUT2D eigenvalue weighted by atomic mass is 10.1. The number of benzene rings is 4. The molecule has 0 bridgehead atoms. The second-order valence-electron chi connectivity index (χ2n) is 8.42. The molecule has 0 saturated heterocycles. The Labute approximate surface area is 204 Å². The van der Waals surface area contributed by atoms with E-state index in [-0.39, 0.29) is 12.7 Å². The normalized spacial score (nSPS) is 11.9. The van der Waals surface area contributed by atoms with Gasteiger partial charge in [-0.3, -0.25) is 4.79 Å². The molecular weight excluding hydrogens is 442 g/mol. The number of nitrogens with zero attached hydrogens (tertiary/aromatic N) is 1. The van der Waals surface area contributed by atoms with Crippen molar-refractivity contribution >= 4 is 16.7 Å². The van der Waals surface area contributed by atoms with Gasteiger partial charge in [0.2, 0.25) is 6.79 Å². The highest BCUT2D eigenvalue weighted by Crippen LogP contribution is 2.33. The number of rotatable bonds is 8. The Balaban J connectivity index is 1.41. The average Bonchev–Trinajstić information content (AvgIpc) is 3.38. The van der Waals surface area contributed by atoms with Crippen molar-refractivity contribution in [1.29, 1.82) is 0 Å². The number of methoxy groups -OCH3 is 2. The minimum Gasteiger partial charge on any atom is -0.493 e. The summed E-state index contributed by atoms with van der Waals surface area (Å²) in [6, 6.07) is 25.6. The molecule has 0 spiro atoms. The number of hydrogen-bond acceptors (Lipinski definition) is 5. The molecule has 0 radical (unpaired) electrons. The predicted octanol–water partition coefficient (Wildman–Crippen LogP) is 5.47. The van der Waals surface area contributed by atoms with Gasteiger partial charge < -0.3 is 23.8 Å². The summed E-state index contributed by atoms with van der Waals surface area (Å²) >= 11 is 0. The number of hydrogen-bond donors (Lipinski definition) is 0. The van der Waals surface area contributed by atoms with Gasteiger partial charge in [-0.25, -0.2) is 0 Å². The molecule has 0 N–H and O–H groups in total. The SMILES string of the molecule is COc1ccc(CCN(Cc2ccc3c(c2)OCO3)C(=O)c2ccc3ccccc3c2)cc1OC. The molecule has 35 heavy (non-hydrogen) atoms. The molecule has 0 atom stereocenters. The molecule has 0 unspecified atom stereocenters. The lowest BCUT2D eigenvalue weighted by Gasteiger charge is -2.24. The molecule has 178 valence electrons. The predicted molar refractivity (Wildman–Crippen MR) is 135 cm³/mol. The zero-order chi connectivity index (χ0) is 24.2. The van der Waals surface area contributed by atoms with E-state index < -0.39 is 0 Å². The monoisotopic (exact) mass is 469 g/mol. The summed E-state index contributed by atoms with van der Waals surface area (Å²) in [6.45, 7) is 1.21. The zero-order valence-electron chi connectivity index (χ0n) is 19.8. The van der Waals surface area contributed by atoms with Gasteiger partial charge in [0.25, 0.3) is 5.91 Å². The third-order valence-electron chi connectivity index (χ3n) is 6.21. The van der Waals surface area contributed by atoms with Gasteiger partial charge in [-0.15, -0.1) is 0 Å². The van der Waals surface area contributed by atoms with Gasteiger partial charge in [-0.2, -0.15) is 0 Å². The van der Waals surface area contributed by atoms with E-state index in [2.05, 4.69) is 0 Å². The van der Waals surface area contributed by atoms with E-state index in [0.29, 0.717) is 42.3 Å². The van der Waals surface area contributed by atoms with E-state index in [0.717, 1.165) is 27.6 Å². The van der Waals surface area contributed by atoms with Crippen LogP contribution in [0.4, 0.5) is 0 Å². The van der Waals surface area contributed by atoms with E-state index in [4.69, 9.17) is 18.9 Å². The second-order valence-corrected chi connectivity index (χ2v) is 8.42. The summed E-state index contributed by atoms with van der Waals surface area (Å²) in [5.74, 6) is 2.77. The molecular formula is C29H27NO5. The maximum atomic E-state index is 13.7. The molecule has 0 aliphatic carbocycles. The lowest BCUT2D eigenvalue weighted by Crippen LogP contribution is -2.32. The van der Waals surface area contributed by atoms with Gasteiger partial charge in [0, 0.05) is 18.7 Å². The van der Waals surface area contributed by atoms with Crippen molar-refractivity contribution in [2.75, 3.05) is 27.6 Å². The van der Waals surface area contributed by atoms with Gasteiger partial charge in [-0.05, 0) is 64.7 Å². The van der Waals surface area contributed by atoms with Crippen molar-refractivity contribution in [1.82, 2.24) is 4.90 Å². The molecule has 1 aliphatic heterocycles. The highest BCUT2D eigenvalue weighted by molar-refractivity contribution is 5.98. The van der Waals surface area contributed by atoms with Gasteiger partial charge in [0.1, 0.15) is 0 Å². The molecule has 4 aromatic carbocycles. The van der Waals surface area contributed by atoms with Crippen LogP contribution in [0, 0.1) is 0 Å². The standard InChI is InChI=1S/C29H27NO5/c1-32-25-11-7-20(15-27(25)33-2)13-14-30(18-21-8-12-26-28(16-21)35-19-34-26)29(31)24-10-9-22-5-3-4-6-23(22)17-24/h3-12,15-17H,13-14,18-19H2,1-2H3. The van der Waals surface area contributed by atoms with E-state index in [1.54, 1.807) is 14.2 Å². The molecule has 4 aromatic rings. The smallest absolute Gasteiger partial charge is 0.254 e. The van der Waals surface area contributed by atoms with E-state index in [1.807, 2.05) is 83.8 Å². The zero-order valence-corrected chi connectivity index (χ0v) is 19.8. The van der Waals surface area contributed by atoms with Crippen LogP contribution in [-0.2, 0) is 13.0 Å². The fourth-order valence-electron chi connectivity index (χ4n) is 4.32. The van der Waals surface area contributed by atoms with Crippen molar-refractivity contribution in [3.8, 4) is 23.0 Å². The summed E-state index contributed by atoms with van der Waals surface area (Å²) in [4.78, 5) is 15.6. The first-order valence-electron chi connectivity index (χ1n) is 11.5. The molecule has 5 rings (SSSR count). The highest BCUT2D eigenvalue weighted by atomic mass is 16.7. The largest absolute Gasteiger partial charge is 0.493 e. The number of carbonyl (C=O) groups is 1. The third-order valence-corrected chi connectivity index (χ3v) is 6.21. The summed E-state index contributed by atoms with van der Waals surface area (Å²) in [5.41, 5.74) is 2.71. The summed E-state index contributed by atoms with van der Waals surface area (Å²) in [6.07, 6.45) is 0.671. The quantitative estimate of drug-likeness (QED) is 0.343. The summed E-state index contributed by atoms with van der Waals surface area (Å²) < 4.78 is 21.8. The van der Waals surface area contributed by atoms with Crippen molar-refractivity contribution in [2.24, 2.45) is 0 Å². The number of ether oxygens (including phenoxy) is 4. The minimum atomic E-state index is -0.0195. The van der Waals surface area contributed by atoms with Crippen molar-refractivity contribution in [3.63, 3.8) is 0 Å². The van der Waals surface area contributed by atoms with Gasteiger partial charge in [0.05, 0.1) is 14.2 Å². The molecule has 1 heterocycles. The van der Waals surface area contributed by atoms with E-state index in [9.17, 15) is 4.79 Å². The third kappa shape index (κ3) is 4.87. The molecule has 0 aromatic heterocycles. The van der Waals surface area contributed by atoms with E-state index >= 15 is 0 Å². The first-order valence-corrected chi connectivity index (χ1v) is 11.5. The van der Waals surface area contributed by atoms with Crippen LogP contribution >= 0.6 is 0 Å². The topological polar surface area (TPSA) is 57.2 Å². The first-order chi connectivity index (χ1) is 17.1. The van der Waals surface area contributed by atoms with Crippen molar-refractivity contribution in [3.05, 3.63) is 95.6 Å². The fraction of sp³-hybridized carbons (Fsp3) is 0.207. The Bertz CT molecular complexity index is 1370. The van der Waals surface area contributed by atoms with Crippen LogP contribution in [0.15, 0.2) is 78.9 Å². The highest BCUT2D eigenvalue weighted by Gasteiger charge is 2.20. The van der Waals surface area contributed by atoms with Crippen molar-refractivity contribution in [2.45, 2.75) is 13.0 Å². The number of carbonyl (C=O) groups excluding carboxylic acids is 1. The molecule has 6 nitrogen and oxygen atoms in total. The van der Waals surface area contributed by atoms with Gasteiger partial charge in [-0.1, -0.05) is 42.5 Å². The second kappa shape index (κ2) is 9.97. The lowest BCUT2D eigenvalue weighted by molar-refractivity contribution is 0.0745. The molecule has 1 amide bonds. The first kappa shape index (κ1) is 22.6. The molecule has 1 aliphatic rings. The Kier molecular flexibility index (Phi) is 6.44. The van der Waals surface area contributed by atoms with E-state index in [1.165, 1.54) is 0 Å². The Morgan fingerprint density at radius 1 is 0.800 bits per heavy atom. The Hall–Kier alpha value is -4.19. The van der Waals surface area contributed by atoms with Crippen LogP contribution in [0.5, 0.6) is 23.0 Å². The van der Waals surface area contributed by atoms with Crippen LogP contribution in [0.25, 0.3) is 10.8 Å². The number of fused-ring (bicyclic) bond motifs is 2. The van der Waals surface area contributed by atoms with Crippen LogP contribution in [0.3, 0.4) is 0 Å². The fourth-order valence-corrected chi connectivity index (χ4v) is 4.32.